The second-order valence-electron chi connectivity index (χ2n) is 5.02. The lowest BCUT2D eigenvalue weighted by atomic mass is 9.84. The minimum Gasteiger partial charge on any atom is -0.478 e. The van der Waals surface area contributed by atoms with E-state index in [1.54, 1.807) is 12.1 Å². The molecule has 0 aliphatic carbocycles. The van der Waals surface area contributed by atoms with Crippen molar-refractivity contribution >= 4 is 27.6 Å². The summed E-state index contributed by atoms with van der Waals surface area (Å²) >= 11 is 3.34. The van der Waals surface area contributed by atoms with Crippen molar-refractivity contribution in [3.8, 4) is 0 Å². The van der Waals surface area contributed by atoms with Crippen molar-refractivity contribution in [1.29, 1.82) is 0 Å². The van der Waals surface area contributed by atoms with E-state index in [0.717, 1.165) is 23.2 Å². The van der Waals surface area contributed by atoms with E-state index in [4.69, 9.17) is 5.11 Å². The van der Waals surface area contributed by atoms with Gasteiger partial charge >= 0.3 is 5.97 Å². The molecule has 0 atom stereocenters. The first-order valence-electron chi connectivity index (χ1n) is 5.16. The zero-order valence-electron chi connectivity index (χ0n) is 9.33. The zero-order valence-corrected chi connectivity index (χ0v) is 10.9. The summed E-state index contributed by atoms with van der Waals surface area (Å²) in [6.45, 7) is 6.37. The normalized spacial score (nSPS) is 18.1. The van der Waals surface area contributed by atoms with E-state index in [1.807, 2.05) is 6.07 Å². The molecule has 1 heterocycles. The molecule has 0 spiro atoms. The van der Waals surface area contributed by atoms with Gasteiger partial charge in [0.25, 0.3) is 0 Å². The largest absolute Gasteiger partial charge is 0.478 e. The van der Waals surface area contributed by atoms with Gasteiger partial charge in [0.2, 0.25) is 0 Å². The van der Waals surface area contributed by atoms with Crippen LogP contribution in [0.4, 0.5) is 5.69 Å². The summed E-state index contributed by atoms with van der Waals surface area (Å²) in [7, 11) is 0. The number of aromatic carboxylic acids is 1. The van der Waals surface area contributed by atoms with Gasteiger partial charge in [0.05, 0.1) is 5.56 Å². The first-order valence-corrected chi connectivity index (χ1v) is 5.95. The summed E-state index contributed by atoms with van der Waals surface area (Å²) in [5.41, 5.74) is 1.64. The van der Waals surface area contributed by atoms with Crippen LogP contribution in [0.2, 0.25) is 0 Å². The third kappa shape index (κ3) is 2.21. The molecule has 2 rings (SSSR count). The second-order valence-corrected chi connectivity index (χ2v) is 5.94. The average molecular weight is 284 g/mol. The fraction of sp³-hybridized carbons (Fsp3) is 0.417. The Morgan fingerprint density at radius 3 is 2.50 bits per heavy atom. The highest BCUT2D eigenvalue weighted by molar-refractivity contribution is 9.10. The Morgan fingerprint density at radius 1 is 1.38 bits per heavy atom. The predicted octanol–water partition coefficient (Wildman–Crippen LogP) is 2.99. The fourth-order valence-electron chi connectivity index (χ4n) is 2.05. The van der Waals surface area contributed by atoms with E-state index in [2.05, 4.69) is 34.7 Å². The molecule has 16 heavy (non-hydrogen) atoms. The van der Waals surface area contributed by atoms with Crippen LogP contribution in [-0.2, 0) is 0 Å². The fourth-order valence-corrected chi connectivity index (χ4v) is 2.53. The quantitative estimate of drug-likeness (QED) is 0.907. The van der Waals surface area contributed by atoms with Gasteiger partial charge in [-0.15, -0.1) is 0 Å². The summed E-state index contributed by atoms with van der Waals surface area (Å²) in [5.74, 6) is -0.887. The first kappa shape index (κ1) is 11.5. The van der Waals surface area contributed by atoms with Crippen LogP contribution >= 0.6 is 15.9 Å². The maximum atomic E-state index is 10.9. The van der Waals surface area contributed by atoms with Crippen molar-refractivity contribution in [3.05, 3.63) is 28.2 Å². The van der Waals surface area contributed by atoms with Crippen molar-refractivity contribution in [2.75, 3.05) is 18.0 Å². The van der Waals surface area contributed by atoms with Crippen molar-refractivity contribution in [2.24, 2.45) is 5.41 Å². The van der Waals surface area contributed by atoms with Gasteiger partial charge in [-0.2, -0.15) is 0 Å². The minimum atomic E-state index is -0.887. The number of carboxylic acids is 1. The summed E-state index contributed by atoms with van der Waals surface area (Å²) in [6.07, 6.45) is 0. The lowest BCUT2D eigenvalue weighted by Crippen LogP contribution is -2.53. The van der Waals surface area contributed by atoms with Crippen LogP contribution in [0, 0.1) is 5.41 Å². The molecule has 1 aromatic carbocycles. The summed E-state index contributed by atoms with van der Waals surface area (Å²) in [5, 5.41) is 8.97. The molecule has 1 N–H and O–H groups in total. The van der Waals surface area contributed by atoms with Gasteiger partial charge in [-0.05, 0) is 23.6 Å². The molecule has 0 saturated carbocycles. The molecule has 1 aromatic rings. The molecule has 1 aliphatic heterocycles. The Hall–Kier alpha value is -1.03. The lowest BCUT2D eigenvalue weighted by Gasteiger charge is -2.47. The molecule has 0 aromatic heterocycles. The topological polar surface area (TPSA) is 40.5 Å². The Labute approximate surface area is 103 Å². The molecule has 86 valence electrons. The third-order valence-electron chi connectivity index (χ3n) is 2.73. The smallest absolute Gasteiger partial charge is 0.335 e. The van der Waals surface area contributed by atoms with Crippen molar-refractivity contribution < 1.29 is 9.90 Å². The van der Waals surface area contributed by atoms with Crippen LogP contribution in [-0.4, -0.2) is 24.2 Å². The summed E-state index contributed by atoms with van der Waals surface area (Å²) < 4.78 is 0.812. The monoisotopic (exact) mass is 283 g/mol. The number of benzene rings is 1. The highest BCUT2D eigenvalue weighted by Gasteiger charge is 2.34. The number of hydrogen-bond acceptors (Lipinski definition) is 2. The molecule has 0 amide bonds. The van der Waals surface area contributed by atoms with Crippen molar-refractivity contribution in [2.45, 2.75) is 13.8 Å². The molecule has 1 aliphatic rings. The molecule has 1 saturated heterocycles. The third-order valence-corrected chi connectivity index (χ3v) is 3.19. The molecule has 1 fully saturated rings. The molecule has 0 bridgehead atoms. The highest BCUT2D eigenvalue weighted by Crippen LogP contribution is 2.35. The van der Waals surface area contributed by atoms with Gasteiger partial charge in [-0.3, -0.25) is 0 Å². The van der Waals surface area contributed by atoms with Gasteiger partial charge in [0.1, 0.15) is 0 Å². The Balaban J connectivity index is 2.26. The standard InChI is InChI=1S/C12H14BrNO2/c1-12(2)6-14(7-12)10-4-8(11(15)16)3-9(13)5-10/h3-5H,6-7H2,1-2H3,(H,15,16). The number of rotatable bonds is 2. The second kappa shape index (κ2) is 3.77. The van der Waals surface area contributed by atoms with E-state index < -0.39 is 5.97 Å². The number of nitrogens with zero attached hydrogens (tertiary/aromatic N) is 1. The van der Waals surface area contributed by atoms with Crippen LogP contribution in [0.1, 0.15) is 24.2 Å². The molecular weight excluding hydrogens is 270 g/mol. The van der Waals surface area contributed by atoms with Crippen molar-refractivity contribution in [3.63, 3.8) is 0 Å². The zero-order chi connectivity index (χ0) is 11.9. The van der Waals surface area contributed by atoms with E-state index in [-0.39, 0.29) is 0 Å². The molecule has 0 radical (unpaired) electrons. The molecular formula is C12H14BrNO2. The van der Waals surface area contributed by atoms with Crippen LogP contribution < -0.4 is 4.90 Å². The average Bonchev–Trinajstić information content (AvgIpc) is 2.12. The summed E-state index contributed by atoms with van der Waals surface area (Å²) in [6, 6.07) is 5.31. The molecule has 3 nitrogen and oxygen atoms in total. The van der Waals surface area contributed by atoms with Gasteiger partial charge in [0, 0.05) is 23.2 Å². The maximum absolute atomic E-state index is 10.9. The Bertz CT molecular complexity index is 435. The van der Waals surface area contributed by atoms with Crippen LogP contribution in [0.15, 0.2) is 22.7 Å². The van der Waals surface area contributed by atoms with E-state index in [0.29, 0.717) is 11.0 Å². The number of carboxylic acid groups (broad SMARTS) is 1. The molecule has 0 unspecified atom stereocenters. The van der Waals surface area contributed by atoms with E-state index in [1.165, 1.54) is 0 Å². The number of carbonyl (C=O) groups is 1. The van der Waals surface area contributed by atoms with Gasteiger partial charge in [-0.25, -0.2) is 4.79 Å². The van der Waals surface area contributed by atoms with Crippen LogP contribution in [0.5, 0.6) is 0 Å². The lowest BCUT2D eigenvalue weighted by molar-refractivity contribution is 0.0697. The van der Waals surface area contributed by atoms with E-state index in [9.17, 15) is 4.79 Å². The van der Waals surface area contributed by atoms with Gasteiger partial charge in [-0.1, -0.05) is 29.8 Å². The van der Waals surface area contributed by atoms with Crippen molar-refractivity contribution in [1.82, 2.24) is 0 Å². The Morgan fingerprint density at radius 2 is 2.00 bits per heavy atom. The summed E-state index contributed by atoms with van der Waals surface area (Å²) in [4.78, 5) is 13.1. The first-order chi connectivity index (χ1) is 7.37. The SMILES string of the molecule is CC1(C)CN(c2cc(Br)cc(C(=O)O)c2)C1. The Kier molecular flexibility index (Phi) is 2.70. The predicted molar refractivity (Wildman–Crippen MR) is 67.1 cm³/mol. The number of anilines is 1. The van der Waals surface area contributed by atoms with Crippen LogP contribution in [0.3, 0.4) is 0 Å². The van der Waals surface area contributed by atoms with Crippen LogP contribution in [0.25, 0.3) is 0 Å². The van der Waals surface area contributed by atoms with Gasteiger partial charge < -0.3 is 10.0 Å². The number of hydrogen-bond donors (Lipinski definition) is 1. The maximum Gasteiger partial charge on any atom is 0.335 e. The van der Waals surface area contributed by atoms with Gasteiger partial charge in [0.15, 0.2) is 0 Å². The minimum absolute atomic E-state index is 0.328. The van der Waals surface area contributed by atoms with E-state index >= 15 is 0 Å². The highest BCUT2D eigenvalue weighted by atomic mass is 79.9. The number of halogens is 1. The molecule has 4 heteroatoms.